The number of likely N-dealkylation sites (tertiary alicyclic amines) is 1. The van der Waals surface area contributed by atoms with Crippen LogP contribution in [0.2, 0.25) is 0 Å². The van der Waals surface area contributed by atoms with Gasteiger partial charge in [-0.1, -0.05) is 36.4 Å². The van der Waals surface area contributed by atoms with Gasteiger partial charge in [0.2, 0.25) is 5.91 Å². The molecule has 0 saturated carbocycles. The van der Waals surface area contributed by atoms with Gasteiger partial charge in [-0.25, -0.2) is 0 Å². The molecule has 1 aliphatic heterocycles. The molecule has 170 valence electrons. The van der Waals surface area contributed by atoms with Crippen molar-refractivity contribution in [3.05, 3.63) is 88.0 Å². The van der Waals surface area contributed by atoms with E-state index in [0.717, 1.165) is 17.2 Å². The maximum atomic E-state index is 13.2. The number of rotatable bonds is 6. The Balaban J connectivity index is 1.37. The van der Waals surface area contributed by atoms with E-state index in [1.54, 1.807) is 4.90 Å². The summed E-state index contributed by atoms with van der Waals surface area (Å²) in [6, 6.07) is 19.0. The Kier molecular flexibility index (Phi) is 6.65. The Morgan fingerprint density at radius 1 is 1.09 bits per heavy atom. The number of hydrogen-bond acceptors (Lipinski definition) is 5. The second kappa shape index (κ2) is 9.79. The van der Waals surface area contributed by atoms with E-state index in [0.29, 0.717) is 30.6 Å². The lowest BCUT2D eigenvalue weighted by Gasteiger charge is -2.32. The lowest BCUT2D eigenvalue weighted by molar-refractivity contribution is -0.384. The van der Waals surface area contributed by atoms with Gasteiger partial charge in [0.25, 0.3) is 11.6 Å². The standard InChI is InChI=1S/C25H25N3O5/c29-23(18-10-12-20(13-11-18)28(32)33)15-26-24(30)19-7-4-14-27(16-19)25(31)22-9-3-6-17-5-1-2-8-21(17)22/h1-3,5-6,8-13,19,23,29H,4,7,14-16H2,(H,26,30)/t19-,23-/m0/s1. The fourth-order valence-electron chi connectivity index (χ4n) is 4.24. The number of benzene rings is 3. The molecule has 3 aromatic carbocycles. The average molecular weight is 447 g/mol. The Labute approximate surface area is 191 Å². The molecule has 2 amide bonds. The molecule has 8 heteroatoms. The lowest BCUT2D eigenvalue weighted by atomic mass is 9.95. The molecule has 4 rings (SSSR count). The summed E-state index contributed by atoms with van der Waals surface area (Å²) in [7, 11) is 0. The van der Waals surface area contributed by atoms with E-state index in [2.05, 4.69) is 5.32 Å². The first-order chi connectivity index (χ1) is 15.9. The quantitative estimate of drug-likeness (QED) is 0.444. The van der Waals surface area contributed by atoms with Gasteiger partial charge in [0.05, 0.1) is 16.9 Å². The van der Waals surface area contributed by atoms with Gasteiger partial charge in [0, 0.05) is 37.3 Å². The van der Waals surface area contributed by atoms with Crippen molar-refractivity contribution >= 4 is 28.3 Å². The van der Waals surface area contributed by atoms with Crippen LogP contribution in [0.25, 0.3) is 10.8 Å². The van der Waals surface area contributed by atoms with E-state index in [1.807, 2.05) is 42.5 Å². The number of nitro benzene ring substituents is 1. The van der Waals surface area contributed by atoms with E-state index in [-0.39, 0.29) is 30.0 Å². The first-order valence-electron chi connectivity index (χ1n) is 10.9. The molecule has 0 radical (unpaired) electrons. The van der Waals surface area contributed by atoms with Crippen molar-refractivity contribution in [1.29, 1.82) is 0 Å². The molecule has 0 unspecified atom stereocenters. The Hall–Kier alpha value is -3.78. The Morgan fingerprint density at radius 2 is 1.82 bits per heavy atom. The molecule has 33 heavy (non-hydrogen) atoms. The predicted molar refractivity (Wildman–Crippen MR) is 124 cm³/mol. The second-order valence-electron chi connectivity index (χ2n) is 8.23. The highest BCUT2D eigenvalue weighted by Crippen LogP contribution is 2.24. The van der Waals surface area contributed by atoms with E-state index in [1.165, 1.54) is 24.3 Å². The van der Waals surface area contributed by atoms with E-state index in [4.69, 9.17) is 0 Å². The van der Waals surface area contributed by atoms with Crippen LogP contribution in [-0.4, -0.2) is 46.4 Å². The average Bonchev–Trinajstić information content (AvgIpc) is 2.86. The lowest BCUT2D eigenvalue weighted by Crippen LogP contribution is -2.46. The third-order valence-electron chi connectivity index (χ3n) is 6.06. The van der Waals surface area contributed by atoms with Crippen LogP contribution in [-0.2, 0) is 4.79 Å². The predicted octanol–water partition coefficient (Wildman–Crippen LogP) is 3.45. The van der Waals surface area contributed by atoms with Crippen LogP contribution in [0.15, 0.2) is 66.7 Å². The van der Waals surface area contributed by atoms with Gasteiger partial charge < -0.3 is 15.3 Å². The molecule has 8 nitrogen and oxygen atoms in total. The van der Waals surface area contributed by atoms with Crippen LogP contribution in [0.5, 0.6) is 0 Å². The summed E-state index contributed by atoms with van der Waals surface area (Å²) in [5.74, 6) is -0.664. The number of nitrogens with zero attached hydrogens (tertiary/aromatic N) is 2. The van der Waals surface area contributed by atoms with Crippen molar-refractivity contribution in [2.24, 2.45) is 5.92 Å². The number of fused-ring (bicyclic) bond motifs is 1. The molecule has 1 aliphatic rings. The van der Waals surface area contributed by atoms with Gasteiger partial charge in [0.1, 0.15) is 0 Å². The largest absolute Gasteiger partial charge is 0.387 e. The fourth-order valence-corrected chi connectivity index (χ4v) is 4.24. The first-order valence-corrected chi connectivity index (χ1v) is 10.9. The maximum Gasteiger partial charge on any atom is 0.269 e. The molecular weight excluding hydrogens is 422 g/mol. The zero-order valence-corrected chi connectivity index (χ0v) is 18.0. The van der Waals surface area contributed by atoms with Gasteiger partial charge in [-0.2, -0.15) is 0 Å². The summed E-state index contributed by atoms with van der Waals surface area (Å²) in [6.07, 6.45) is 0.407. The summed E-state index contributed by atoms with van der Waals surface area (Å²) in [6.45, 7) is 0.906. The van der Waals surface area contributed by atoms with E-state index < -0.39 is 11.0 Å². The molecule has 1 saturated heterocycles. The summed E-state index contributed by atoms with van der Waals surface area (Å²) in [5.41, 5.74) is 1.05. The van der Waals surface area contributed by atoms with Crippen LogP contribution < -0.4 is 5.32 Å². The highest BCUT2D eigenvalue weighted by atomic mass is 16.6. The smallest absolute Gasteiger partial charge is 0.269 e. The van der Waals surface area contributed by atoms with Gasteiger partial charge in [-0.15, -0.1) is 0 Å². The molecule has 0 aromatic heterocycles. The number of nitro groups is 1. The van der Waals surface area contributed by atoms with Gasteiger partial charge in [-0.05, 0) is 47.4 Å². The molecule has 0 spiro atoms. The van der Waals surface area contributed by atoms with Crippen molar-refractivity contribution in [3.8, 4) is 0 Å². The minimum atomic E-state index is -0.980. The van der Waals surface area contributed by atoms with Crippen LogP contribution >= 0.6 is 0 Å². The van der Waals surface area contributed by atoms with Crippen LogP contribution in [0.1, 0.15) is 34.9 Å². The maximum absolute atomic E-state index is 13.2. The molecule has 0 aliphatic carbocycles. The van der Waals surface area contributed by atoms with Crippen molar-refractivity contribution in [2.45, 2.75) is 18.9 Å². The number of piperidine rings is 1. The number of carbonyl (C=O) groups is 2. The van der Waals surface area contributed by atoms with Gasteiger partial charge in [0.15, 0.2) is 0 Å². The van der Waals surface area contributed by atoms with E-state index in [9.17, 15) is 24.8 Å². The summed E-state index contributed by atoms with van der Waals surface area (Å²) in [4.78, 5) is 37.9. The second-order valence-corrected chi connectivity index (χ2v) is 8.23. The number of non-ortho nitro benzene ring substituents is 1. The molecular formula is C25H25N3O5. The number of aliphatic hydroxyl groups excluding tert-OH is 1. The third-order valence-corrected chi connectivity index (χ3v) is 6.06. The first kappa shape index (κ1) is 22.4. The Morgan fingerprint density at radius 3 is 2.58 bits per heavy atom. The van der Waals surface area contributed by atoms with Crippen molar-refractivity contribution in [2.75, 3.05) is 19.6 Å². The minimum Gasteiger partial charge on any atom is -0.387 e. The highest BCUT2D eigenvalue weighted by Gasteiger charge is 2.29. The number of hydrogen-bond donors (Lipinski definition) is 2. The molecule has 3 aromatic rings. The van der Waals surface area contributed by atoms with Crippen molar-refractivity contribution < 1.29 is 19.6 Å². The van der Waals surface area contributed by atoms with Crippen LogP contribution in [0, 0.1) is 16.0 Å². The monoisotopic (exact) mass is 447 g/mol. The number of nitrogens with one attached hydrogen (secondary N) is 1. The SMILES string of the molecule is O=C(NC[C@H](O)c1ccc([N+](=O)[O-])cc1)[C@H]1CCCN(C(=O)c2cccc3ccccc23)C1. The zero-order valence-electron chi connectivity index (χ0n) is 18.0. The molecule has 0 bridgehead atoms. The van der Waals surface area contributed by atoms with E-state index >= 15 is 0 Å². The molecule has 1 heterocycles. The van der Waals surface area contributed by atoms with Gasteiger partial charge in [-0.3, -0.25) is 19.7 Å². The van der Waals surface area contributed by atoms with Crippen molar-refractivity contribution in [3.63, 3.8) is 0 Å². The third kappa shape index (κ3) is 5.01. The Bertz CT molecular complexity index is 1170. The molecule has 1 fully saturated rings. The summed E-state index contributed by atoms with van der Waals surface area (Å²) in [5, 5.41) is 25.7. The highest BCUT2D eigenvalue weighted by molar-refractivity contribution is 6.07. The zero-order chi connectivity index (χ0) is 23.4. The number of amides is 2. The molecule has 2 atom stereocenters. The van der Waals surface area contributed by atoms with Crippen LogP contribution in [0.4, 0.5) is 5.69 Å². The number of aliphatic hydroxyl groups is 1. The topological polar surface area (TPSA) is 113 Å². The minimum absolute atomic E-state index is 0.00951. The van der Waals surface area contributed by atoms with Crippen LogP contribution in [0.3, 0.4) is 0 Å². The summed E-state index contributed by atoms with van der Waals surface area (Å²) >= 11 is 0. The normalized spacial score (nSPS) is 16.9. The molecule has 2 N–H and O–H groups in total. The van der Waals surface area contributed by atoms with Crippen molar-refractivity contribution in [1.82, 2.24) is 10.2 Å². The summed E-state index contributed by atoms with van der Waals surface area (Å²) < 4.78 is 0. The number of carbonyl (C=O) groups excluding carboxylic acids is 2. The van der Waals surface area contributed by atoms with Gasteiger partial charge >= 0.3 is 0 Å². The fraction of sp³-hybridized carbons (Fsp3) is 0.280.